The van der Waals surface area contributed by atoms with Gasteiger partial charge in [-0.25, -0.2) is 0 Å². The van der Waals surface area contributed by atoms with Gasteiger partial charge in [0.15, 0.2) is 11.6 Å². The Morgan fingerprint density at radius 3 is 1.31 bits per heavy atom. The van der Waals surface area contributed by atoms with E-state index in [0.717, 1.165) is 43.5 Å². The van der Waals surface area contributed by atoms with Crippen molar-refractivity contribution in [1.82, 2.24) is 10.6 Å². The van der Waals surface area contributed by atoms with Crippen LogP contribution in [0.3, 0.4) is 0 Å². The van der Waals surface area contributed by atoms with Gasteiger partial charge in [-0.05, 0) is 74.2 Å². The van der Waals surface area contributed by atoms with Gasteiger partial charge in [-0.1, -0.05) is 6.42 Å². The average molecular weight is 479 g/mol. The number of hydrogen-bond donors (Lipinski definition) is 4. The molecule has 4 N–H and O–H groups in total. The van der Waals surface area contributed by atoms with Crippen LogP contribution in [-0.2, 0) is 9.59 Å². The number of anilines is 2. The van der Waals surface area contributed by atoms with E-state index in [2.05, 4.69) is 21.3 Å². The largest absolute Gasteiger partial charge is 0.378 e. The van der Waals surface area contributed by atoms with Crippen LogP contribution in [-0.4, -0.2) is 49.6 Å². The van der Waals surface area contributed by atoms with E-state index in [4.69, 9.17) is 0 Å². The second kappa shape index (κ2) is 13.9. The number of hydrogen-bond acceptors (Lipinski definition) is 6. The number of ketones is 2. The molecule has 4 heterocycles. The van der Waals surface area contributed by atoms with Gasteiger partial charge in [0.25, 0.3) is 11.8 Å². The van der Waals surface area contributed by atoms with E-state index in [1.54, 1.807) is 24.3 Å². The first kappa shape index (κ1) is 25.9. The third-order valence-corrected chi connectivity index (χ3v) is 5.86. The molecular weight excluding hydrogens is 444 g/mol. The summed E-state index contributed by atoms with van der Waals surface area (Å²) in [4.78, 5) is 46.5. The Labute approximate surface area is 206 Å². The van der Waals surface area contributed by atoms with Crippen LogP contribution in [0.2, 0.25) is 0 Å². The van der Waals surface area contributed by atoms with Crippen LogP contribution in [0, 0.1) is 0 Å². The summed E-state index contributed by atoms with van der Waals surface area (Å²) in [5.74, 6) is 0.358. The number of amides is 2. The van der Waals surface area contributed by atoms with Gasteiger partial charge in [0.05, 0.1) is 13.1 Å². The second-order valence-corrected chi connectivity index (χ2v) is 8.72. The minimum atomic E-state index is -0.0536. The van der Waals surface area contributed by atoms with Crippen molar-refractivity contribution in [3.05, 3.63) is 59.7 Å². The van der Waals surface area contributed by atoms with Gasteiger partial charge in [-0.15, -0.1) is 0 Å². The molecule has 6 rings (SSSR count). The molecule has 0 aromatic heterocycles. The molecule has 0 saturated heterocycles. The molecule has 186 valence electrons. The molecule has 2 amide bonds. The van der Waals surface area contributed by atoms with E-state index in [1.807, 2.05) is 24.3 Å². The van der Waals surface area contributed by atoms with Crippen LogP contribution < -0.4 is 21.3 Å². The molecule has 35 heavy (non-hydrogen) atoms. The number of fused-ring (bicyclic) bond motifs is 21. The van der Waals surface area contributed by atoms with E-state index in [0.29, 0.717) is 50.1 Å². The summed E-state index contributed by atoms with van der Waals surface area (Å²) >= 11 is 0. The van der Waals surface area contributed by atoms with Crippen molar-refractivity contribution in [2.24, 2.45) is 0 Å². The average Bonchev–Trinajstić information content (AvgIpc) is 2.90. The summed E-state index contributed by atoms with van der Waals surface area (Å²) in [7, 11) is 0. The first-order valence-corrected chi connectivity index (χ1v) is 12.3. The molecule has 0 atom stereocenters. The van der Waals surface area contributed by atoms with Gasteiger partial charge in [-0.2, -0.15) is 0 Å². The highest BCUT2D eigenvalue weighted by Gasteiger charge is 2.09. The van der Waals surface area contributed by atoms with Crippen molar-refractivity contribution in [3.8, 4) is 0 Å². The standard InChI is InChI=1S/C14H18N2O2.C13H16N2O2/c17-13-4-2-1-3-9-15-14(18)11-5-7-12(8-6-11)16-10-13;16-12-3-1-2-8-14-13(17)10-4-6-11(7-5-10)15-9-12/h5-8,16H,1-4,9-10H2,(H,15,18);4-7,15H,1-3,8-9H2,(H,14,17). The monoisotopic (exact) mass is 478 g/mol. The Kier molecular flexibility index (Phi) is 10.3. The van der Waals surface area contributed by atoms with Gasteiger partial charge in [0.2, 0.25) is 0 Å². The molecule has 0 radical (unpaired) electrons. The van der Waals surface area contributed by atoms with Gasteiger partial charge >= 0.3 is 0 Å². The van der Waals surface area contributed by atoms with Crippen molar-refractivity contribution in [1.29, 1.82) is 0 Å². The molecule has 2 aromatic rings. The molecule has 0 spiro atoms. The lowest BCUT2D eigenvalue weighted by molar-refractivity contribution is -0.118. The Morgan fingerprint density at radius 2 is 0.857 bits per heavy atom. The lowest BCUT2D eigenvalue weighted by Crippen LogP contribution is -2.24. The quantitative estimate of drug-likeness (QED) is 0.460. The maximum absolute atomic E-state index is 11.8. The fourth-order valence-electron chi connectivity index (χ4n) is 3.74. The predicted octanol–water partition coefficient (Wildman–Crippen LogP) is 3.55. The topological polar surface area (TPSA) is 116 Å². The van der Waals surface area contributed by atoms with E-state index in [9.17, 15) is 19.2 Å². The van der Waals surface area contributed by atoms with E-state index in [1.165, 1.54) is 0 Å². The number of Topliss-reactive ketones (excluding diaryl/α,β-unsaturated/α-hetero) is 2. The lowest BCUT2D eigenvalue weighted by atomic mass is 10.1. The fraction of sp³-hybridized carbons (Fsp3) is 0.407. The molecule has 0 unspecified atom stereocenters. The van der Waals surface area contributed by atoms with Crippen molar-refractivity contribution in [3.63, 3.8) is 0 Å². The third kappa shape index (κ3) is 9.23. The summed E-state index contributed by atoms with van der Waals surface area (Å²) in [6.45, 7) is 2.03. The number of carbonyl (C=O) groups is 4. The maximum atomic E-state index is 11.8. The Bertz CT molecular complexity index is 1000. The molecule has 0 saturated carbocycles. The Hall–Kier alpha value is -3.68. The first-order chi connectivity index (χ1) is 17.0. The SMILES string of the molecule is O=C1CCCCCNC(=O)c2ccc(cc2)NC1.O=C1CCCCNC(=O)c2ccc(cc2)NC1. The fourth-order valence-corrected chi connectivity index (χ4v) is 3.74. The highest BCUT2D eigenvalue weighted by atomic mass is 16.2. The molecule has 0 aliphatic carbocycles. The van der Waals surface area contributed by atoms with Gasteiger partial charge in [0.1, 0.15) is 0 Å². The minimum absolute atomic E-state index is 0.0327. The summed E-state index contributed by atoms with van der Waals surface area (Å²) in [6.07, 6.45) is 5.64. The van der Waals surface area contributed by atoms with Crippen LogP contribution in [0.5, 0.6) is 0 Å². The second-order valence-electron chi connectivity index (χ2n) is 8.72. The lowest BCUT2D eigenvalue weighted by Gasteiger charge is -2.09. The molecule has 4 bridgehead atoms. The van der Waals surface area contributed by atoms with Crippen LogP contribution in [0.1, 0.15) is 65.7 Å². The molecular formula is C27H34N4O4. The Morgan fingerprint density at radius 1 is 0.457 bits per heavy atom. The smallest absolute Gasteiger partial charge is 0.251 e. The normalized spacial score (nSPS) is 17.6. The summed E-state index contributed by atoms with van der Waals surface area (Å²) < 4.78 is 0. The van der Waals surface area contributed by atoms with Gasteiger partial charge in [-0.3, -0.25) is 19.2 Å². The van der Waals surface area contributed by atoms with Crippen LogP contribution in [0.15, 0.2) is 48.5 Å². The molecule has 4 aliphatic rings. The van der Waals surface area contributed by atoms with E-state index in [-0.39, 0.29) is 23.4 Å². The van der Waals surface area contributed by atoms with Crippen molar-refractivity contribution in [2.75, 3.05) is 36.8 Å². The summed E-state index contributed by atoms with van der Waals surface area (Å²) in [5.41, 5.74) is 3.05. The number of nitrogens with one attached hydrogen (secondary N) is 4. The van der Waals surface area contributed by atoms with E-state index >= 15 is 0 Å². The zero-order valence-corrected chi connectivity index (χ0v) is 20.0. The number of benzene rings is 2. The molecule has 4 aliphatic heterocycles. The molecule has 2 aromatic carbocycles. The summed E-state index contributed by atoms with van der Waals surface area (Å²) in [6, 6.07) is 14.4. The van der Waals surface area contributed by atoms with Crippen molar-refractivity contribution < 1.29 is 19.2 Å². The molecule has 8 heteroatoms. The third-order valence-electron chi connectivity index (χ3n) is 5.86. The number of carbonyl (C=O) groups excluding carboxylic acids is 4. The van der Waals surface area contributed by atoms with Crippen LogP contribution in [0.4, 0.5) is 11.4 Å². The predicted molar refractivity (Wildman–Crippen MR) is 137 cm³/mol. The number of rotatable bonds is 0. The van der Waals surface area contributed by atoms with Crippen LogP contribution in [0.25, 0.3) is 0 Å². The first-order valence-electron chi connectivity index (χ1n) is 12.3. The molecule has 0 fully saturated rings. The maximum Gasteiger partial charge on any atom is 0.251 e. The van der Waals surface area contributed by atoms with Crippen molar-refractivity contribution >= 4 is 34.8 Å². The zero-order valence-electron chi connectivity index (χ0n) is 20.0. The minimum Gasteiger partial charge on any atom is -0.378 e. The van der Waals surface area contributed by atoms with Crippen molar-refractivity contribution in [2.45, 2.75) is 44.9 Å². The van der Waals surface area contributed by atoms with Gasteiger partial charge in [0, 0.05) is 48.4 Å². The molecule has 8 nitrogen and oxygen atoms in total. The Balaban J connectivity index is 0.000000196. The van der Waals surface area contributed by atoms with E-state index < -0.39 is 0 Å². The highest BCUT2D eigenvalue weighted by Crippen LogP contribution is 2.12. The highest BCUT2D eigenvalue weighted by molar-refractivity contribution is 5.95. The van der Waals surface area contributed by atoms with Gasteiger partial charge < -0.3 is 21.3 Å². The zero-order chi connectivity index (χ0) is 24.9. The van der Waals surface area contributed by atoms with Crippen LogP contribution >= 0.6 is 0 Å². The summed E-state index contributed by atoms with van der Waals surface area (Å²) in [5, 5.41) is 11.9.